The van der Waals surface area contributed by atoms with Crippen molar-refractivity contribution in [2.45, 2.75) is 83.3 Å². The van der Waals surface area contributed by atoms with Crippen molar-refractivity contribution in [2.24, 2.45) is 0 Å². The fourth-order valence-corrected chi connectivity index (χ4v) is 24.7. The Labute approximate surface area is 259 Å². The van der Waals surface area contributed by atoms with Gasteiger partial charge in [-0.2, -0.15) is 26.3 Å². The molecule has 0 aromatic heterocycles. The molecule has 0 aliphatic heterocycles. The molecule has 0 saturated heterocycles. The first-order valence-corrected chi connectivity index (χ1v) is 26.7. The SMILES string of the molecule is C=C[Si](C)(C)O[Si](C)(C=C)O[Si](C)(C)O[Si](C)(CCCOCC(OCF)C(F)(F)F)O[Si](C)(C)C=C.FCC(F)(F)F.FF. The summed E-state index contributed by atoms with van der Waals surface area (Å²) in [5.41, 5.74) is 5.37. The van der Waals surface area contributed by atoms with E-state index in [1.165, 1.54) is 0 Å². The summed E-state index contributed by atoms with van der Waals surface area (Å²) in [5, 5.41) is 0. The third kappa shape index (κ3) is 23.7. The molecule has 3 atom stereocenters. The van der Waals surface area contributed by atoms with Gasteiger partial charge in [-0.25, -0.2) is 8.78 Å². The highest BCUT2D eigenvalue weighted by Crippen LogP contribution is 2.30. The highest BCUT2D eigenvalue weighted by atomic mass is 28.5. The molecule has 0 aromatic rings. The maximum Gasteiger partial charge on any atom is 0.417 e. The van der Waals surface area contributed by atoms with Crippen LogP contribution >= 0.6 is 0 Å². The molecule has 44 heavy (non-hydrogen) atoms. The van der Waals surface area contributed by atoms with Crippen LogP contribution in [0.3, 0.4) is 0 Å². The zero-order valence-corrected chi connectivity index (χ0v) is 31.4. The Morgan fingerprint density at radius 3 is 1.52 bits per heavy atom. The lowest BCUT2D eigenvalue weighted by atomic mass is 10.3. The van der Waals surface area contributed by atoms with E-state index in [9.17, 15) is 35.1 Å². The van der Waals surface area contributed by atoms with Gasteiger partial charge >= 0.3 is 38.0 Å². The zero-order valence-electron chi connectivity index (χ0n) is 26.4. The summed E-state index contributed by atoms with van der Waals surface area (Å²) in [6.07, 6.45) is -11.3. The summed E-state index contributed by atoms with van der Waals surface area (Å²) in [7, 11) is -12.9. The normalized spacial score (nSPS) is 16.2. The maximum absolute atomic E-state index is 12.9. The topological polar surface area (TPSA) is 55.4 Å². The van der Waals surface area contributed by atoms with Crippen molar-refractivity contribution in [3.05, 3.63) is 36.8 Å². The molecule has 0 spiro atoms. The number of alkyl halides is 8. The molecular weight excluding hydrogens is 703 g/mol. The van der Waals surface area contributed by atoms with Crippen LogP contribution in [0.2, 0.25) is 58.4 Å². The lowest BCUT2D eigenvalue weighted by molar-refractivity contribution is -0.242. The lowest BCUT2D eigenvalue weighted by Crippen LogP contribution is -2.59. The fraction of sp³-hybridized carbons (Fsp3) is 0.739. The molecule has 0 amide bonds. The van der Waals surface area contributed by atoms with Crippen LogP contribution in [0, 0.1) is 0 Å². The third-order valence-electron chi connectivity index (χ3n) is 5.18. The summed E-state index contributed by atoms with van der Waals surface area (Å²) in [6.45, 7) is 22.9. The minimum absolute atomic E-state index is 0.0117. The van der Waals surface area contributed by atoms with Gasteiger partial charge in [-0.05, 0) is 64.8 Å². The quantitative estimate of drug-likeness (QED) is 0.0747. The molecule has 0 aromatic carbocycles. The van der Waals surface area contributed by atoms with Crippen LogP contribution in [-0.2, 0) is 25.9 Å². The van der Waals surface area contributed by atoms with Crippen molar-refractivity contribution in [2.75, 3.05) is 26.7 Å². The minimum atomic E-state index is -4.71. The monoisotopic (exact) mass is 748 g/mol. The zero-order chi connectivity index (χ0) is 35.7. The fourth-order valence-electron chi connectivity index (χ4n) is 3.42. The minimum Gasteiger partial charge on any atom is -0.433 e. The lowest BCUT2D eigenvalue weighted by Gasteiger charge is -2.43. The third-order valence-corrected chi connectivity index (χ3v) is 24.0. The molecule has 6 nitrogen and oxygen atoms in total. The average molecular weight is 749 g/mol. The van der Waals surface area contributed by atoms with Gasteiger partial charge in [0.2, 0.25) is 0 Å². The summed E-state index contributed by atoms with van der Waals surface area (Å²) >= 11 is 0. The smallest absolute Gasteiger partial charge is 0.417 e. The van der Waals surface area contributed by atoms with E-state index in [4.69, 9.17) is 30.3 Å². The second-order valence-corrected chi connectivity index (χ2v) is 29.5. The Hall–Kier alpha value is -0.636. The van der Waals surface area contributed by atoms with Gasteiger partial charge in [0.1, 0.15) is 0 Å². The summed E-state index contributed by atoms with van der Waals surface area (Å²) < 4.78 is 144. The van der Waals surface area contributed by atoms with E-state index in [1.54, 1.807) is 11.4 Å². The molecule has 3 unspecified atom stereocenters. The molecule has 0 heterocycles. The van der Waals surface area contributed by atoms with E-state index in [0.29, 0.717) is 12.5 Å². The predicted molar refractivity (Wildman–Crippen MR) is 162 cm³/mol. The summed E-state index contributed by atoms with van der Waals surface area (Å²) in [6, 6.07) is 0.456. The average Bonchev–Trinajstić information content (AvgIpc) is 2.87. The molecule has 0 N–H and O–H groups in total. The molecule has 0 rings (SSSR count). The Morgan fingerprint density at radius 1 is 0.705 bits per heavy atom. The highest BCUT2D eigenvalue weighted by Gasteiger charge is 2.48. The van der Waals surface area contributed by atoms with Gasteiger partial charge in [-0.1, -0.05) is 17.1 Å². The van der Waals surface area contributed by atoms with Crippen LogP contribution in [0.5, 0.6) is 0 Å². The van der Waals surface area contributed by atoms with Gasteiger partial charge in [0.05, 0.1) is 6.61 Å². The van der Waals surface area contributed by atoms with Crippen LogP contribution in [0.1, 0.15) is 6.42 Å². The van der Waals surface area contributed by atoms with Crippen LogP contribution < -0.4 is 0 Å². The number of halogens is 10. The van der Waals surface area contributed by atoms with E-state index in [-0.39, 0.29) is 6.61 Å². The van der Waals surface area contributed by atoms with Crippen molar-refractivity contribution in [1.82, 2.24) is 0 Å². The molecule has 0 aliphatic rings. The van der Waals surface area contributed by atoms with Gasteiger partial charge in [0.15, 0.2) is 36.3 Å². The van der Waals surface area contributed by atoms with E-state index >= 15 is 0 Å². The second kappa shape index (κ2) is 20.6. The number of ether oxygens (including phenoxy) is 2. The molecule has 264 valence electrons. The number of hydrogen-bond donors (Lipinski definition) is 0. The molecule has 0 saturated carbocycles. The Balaban J connectivity index is -0.00000186. The second-order valence-electron chi connectivity index (χ2n) is 11.0. The van der Waals surface area contributed by atoms with E-state index in [1.807, 2.05) is 58.1 Å². The molecule has 0 fully saturated rings. The van der Waals surface area contributed by atoms with E-state index in [0.717, 1.165) is 0 Å². The Kier molecular flexibility index (Phi) is 22.3. The van der Waals surface area contributed by atoms with Gasteiger partial charge in [-0.3, -0.25) is 0 Å². The van der Waals surface area contributed by atoms with Gasteiger partial charge in [0, 0.05) is 15.8 Å². The Bertz CT molecular complexity index is 837. The van der Waals surface area contributed by atoms with Gasteiger partial charge in [0.25, 0.3) is 0 Å². The first kappa shape index (κ1) is 47.8. The van der Waals surface area contributed by atoms with Crippen molar-refractivity contribution < 1.29 is 70.2 Å². The number of rotatable bonds is 19. The molecule has 0 aliphatic carbocycles. The van der Waals surface area contributed by atoms with Crippen LogP contribution in [0.25, 0.3) is 0 Å². The first-order chi connectivity index (χ1) is 19.7. The summed E-state index contributed by atoms with van der Waals surface area (Å²) in [5.74, 6) is 0. The van der Waals surface area contributed by atoms with Crippen molar-refractivity contribution in [3.63, 3.8) is 0 Å². The van der Waals surface area contributed by atoms with E-state index < -0.39 is 80.9 Å². The first-order valence-electron chi connectivity index (χ1n) is 13.0. The van der Waals surface area contributed by atoms with Gasteiger partial charge < -0.3 is 25.9 Å². The molecule has 0 radical (unpaired) electrons. The van der Waals surface area contributed by atoms with Crippen LogP contribution in [0.4, 0.5) is 44.3 Å². The van der Waals surface area contributed by atoms with Gasteiger partial charge in [-0.15, -0.1) is 19.7 Å². The van der Waals surface area contributed by atoms with Crippen molar-refractivity contribution in [3.8, 4) is 0 Å². The molecule has 21 heteroatoms. The Morgan fingerprint density at radius 2 is 1.16 bits per heavy atom. The maximum atomic E-state index is 12.9. The largest absolute Gasteiger partial charge is 0.433 e. The standard InChI is InChI=1S/C21H44F4O6Si5.C2H2F4.F2/c1-12-32(4,5)28-35(10,14-3)30-34(8,9)31-36(11,29-33(6,7)13-2)17-15-16-26-18-20(27-19-22)21(23,24)25;3-1-2(4,5)6;1-2/h12-14,20H,1-3,15-19H2,4-11H3;1H2;. The van der Waals surface area contributed by atoms with Crippen molar-refractivity contribution >= 4 is 42.3 Å². The summed E-state index contributed by atoms with van der Waals surface area (Å²) in [4.78, 5) is 0. The predicted octanol–water partition coefficient (Wildman–Crippen LogP) is 9.12. The van der Waals surface area contributed by atoms with Crippen LogP contribution in [0.15, 0.2) is 36.8 Å². The molecular formula is C23H46F10O6Si5. The number of hydrogen-bond acceptors (Lipinski definition) is 6. The van der Waals surface area contributed by atoms with E-state index in [2.05, 4.69) is 24.5 Å². The van der Waals surface area contributed by atoms with Crippen molar-refractivity contribution in [1.29, 1.82) is 0 Å². The highest BCUT2D eigenvalue weighted by molar-refractivity contribution is 6.93. The molecule has 0 bridgehead atoms. The van der Waals surface area contributed by atoms with Crippen LogP contribution in [-0.4, -0.2) is 87.5 Å².